The monoisotopic (exact) mass is 231 g/mol. The van der Waals surface area contributed by atoms with Crippen molar-refractivity contribution in [2.45, 2.75) is 0 Å². The molecule has 0 aliphatic rings. The summed E-state index contributed by atoms with van der Waals surface area (Å²) in [6, 6.07) is 6.30. The molecule has 1 N–H and O–H groups in total. The number of fused-ring (bicyclic) bond motifs is 1. The number of carbonyl (C=O) groups excluding carboxylic acids is 1. The number of methoxy groups -OCH3 is 1. The molecule has 0 aliphatic heterocycles. The first-order valence-corrected chi connectivity index (χ1v) is 4.84. The zero-order valence-electron chi connectivity index (χ0n) is 9.01. The van der Waals surface area contributed by atoms with E-state index in [9.17, 15) is 9.59 Å². The highest BCUT2D eigenvalue weighted by Crippen LogP contribution is 2.19. The molecule has 1 aromatic carbocycles. The Morgan fingerprint density at radius 1 is 1.29 bits per heavy atom. The number of rotatable bonds is 2. The molecule has 1 aromatic heterocycles. The molecule has 0 saturated carbocycles. The Bertz CT molecular complexity index is 606. The summed E-state index contributed by atoms with van der Waals surface area (Å²) in [5, 5.41) is 9.73. The van der Waals surface area contributed by atoms with Gasteiger partial charge < -0.3 is 9.84 Å². The predicted molar refractivity (Wildman–Crippen MR) is 60.0 cm³/mol. The molecule has 0 spiro atoms. The topological polar surface area (TPSA) is 76.5 Å². The normalized spacial score (nSPS) is 10.2. The predicted octanol–water partition coefficient (Wildman–Crippen LogP) is 1.72. The summed E-state index contributed by atoms with van der Waals surface area (Å²) >= 11 is 0. The van der Waals surface area contributed by atoms with Gasteiger partial charge in [-0.1, -0.05) is 6.07 Å². The molecular formula is C12H9NO4. The molecule has 0 bridgehead atoms. The van der Waals surface area contributed by atoms with E-state index < -0.39 is 11.9 Å². The first-order valence-electron chi connectivity index (χ1n) is 4.84. The smallest absolute Gasteiger partial charge is 0.338 e. The van der Waals surface area contributed by atoms with Crippen LogP contribution in [-0.2, 0) is 4.74 Å². The van der Waals surface area contributed by atoms with Gasteiger partial charge in [-0.25, -0.2) is 9.59 Å². The van der Waals surface area contributed by atoms with E-state index in [1.54, 1.807) is 18.3 Å². The van der Waals surface area contributed by atoms with Crippen LogP contribution >= 0.6 is 0 Å². The van der Waals surface area contributed by atoms with Crippen LogP contribution in [0.1, 0.15) is 20.7 Å². The molecule has 0 saturated heterocycles. The van der Waals surface area contributed by atoms with Crippen molar-refractivity contribution in [3.8, 4) is 0 Å². The van der Waals surface area contributed by atoms with Crippen molar-refractivity contribution in [2.75, 3.05) is 7.11 Å². The number of hydrogen-bond acceptors (Lipinski definition) is 4. The Kier molecular flexibility index (Phi) is 2.74. The molecule has 5 heteroatoms. The maximum absolute atomic E-state index is 11.5. The van der Waals surface area contributed by atoms with E-state index in [0.29, 0.717) is 10.9 Å². The Morgan fingerprint density at radius 2 is 2.06 bits per heavy atom. The minimum Gasteiger partial charge on any atom is -0.478 e. The van der Waals surface area contributed by atoms with Gasteiger partial charge >= 0.3 is 11.9 Å². The summed E-state index contributed by atoms with van der Waals surface area (Å²) in [5.41, 5.74) is 0.445. The minimum atomic E-state index is -1.18. The van der Waals surface area contributed by atoms with Crippen molar-refractivity contribution < 1.29 is 19.4 Å². The van der Waals surface area contributed by atoms with Gasteiger partial charge in [-0.05, 0) is 18.2 Å². The number of ether oxygens (including phenoxy) is 1. The highest BCUT2D eigenvalue weighted by Gasteiger charge is 2.18. The highest BCUT2D eigenvalue weighted by molar-refractivity contribution is 6.06. The number of pyridine rings is 1. The fourth-order valence-corrected chi connectivity index (χ4v) is 1.58. The number of carbonyl (C=O) groups is 2. The minimum absolute atomic E-state index is 0.0282. The molecule has 0 fully saturated rings. The molecule has 2 aromatic rings. The van der Waals surface area contributed by atoms with E-state index >= 15 is 0 Å². The average Bonchev–Trinajstić information content (AvgIpc) is 2.36. The van der Waals surface area contributed by atoms with Crippen LogP contribution in [0.15, 0.2) is 30.5 Å². The van der Waals surface area contributed by atoms with Crippen molar-refractivity contribution in [3.63, 3.8) is 0 Å². The van der Waals surface area contributed by atoms with Gasteiger partial charge in [0.15, 0.2) is 0 Å². The zero-order valence-corrected chi connectivity index (χ0v) is 9.01. The lowest BCUT2D eigenvalue weighted by atomic mass is 10.0. The maximum atomic E-state index is 11.5. The second-order valence-electron chi connectivity index (χ2n) is 3.39. The molecule has 0 radical (unpaired) electrons. The van der Waals surface area contributed by atoms with Crippen molar-refractivity contribution in [1.82, 2.24) is 4.98 Å². The third-order valence-electron chi connectivity index (χ3n) is 2.38. The van der Waals surface area contributed by atoms with Crippen LogP contribution in [0.25, 0.3) is 10.9 Å². The molecule has 5 nitrogen and oxygen atoms in total. The second-order valence-corrected chi connectivity index (χ2v) is 3.39. The first kappa shape index (κ1) is 11.1. The number of carboxylic acids is 1. The fourth-order valence-electron chi connectivity index (χ4n) is 1.58. The molecule has 0 amide bonds. The number of aromatic nitrogens is 1. The van der Waals surface area contributed by atoms with Crippen LogP contribution in [0.4, 0.5) is 0 Å². The van der Waals surface area contributed by atoms with Crippen LogP contribution in [0, 0.1) is 0 Å². The summed E-state index contributed by atoms with van der Waals surface area (Å²) in [6.45, 7) is 0. The van der Waals surface area contributed by atoms with Gasteiger partial charge in [0.25, 0.3) is 0 Å². The zero-order chi connectivity index (χ0) is 12.4. The van der Waals surface area contributed by atoms with Gasteiger partial charge in [0.2, 0.25) is 0 Å². The standard InChI is InChI=1S/C12H9NO4/c1-17-12(16)9-5-7-3-2-4-13-10(7)6-8(9)11(14)15/h2-6H,1H3,(H,14,15). The van der Waals surface area contributed by atoms with E-state index in [-0.39, 0.29) is 11.1 Å². The van der Waals surface area contributed by atoms with E-state index in [4.69, 9.17) is 5.11 Å². The number of hydrogen-bond donors (Lipinski definition) is 1. The third-order valence-corrected chi connectivity index (χ3v) is 2.38. The molecule has 2 rings (SSSR count). The molecule has 0 unspecified atom stereocenters. The van der Waals surface area contributed by atoms with E-state index in [0.717, 1.165) is 0 Å². The van der Waals surface area contributed by atoms with Crippen LogP contribution in [0.2, 0.25) is 0 Å². The molecule has 17 heavy (non-hydrogen) atoms. The Morgan fingerprint density at radius 3 is 2.71 bits per heavy atom. The summed E-state index contributed by atoms with van der Waals surface area (Å²) in [4.78, 5) is 26.6. The van der Waals surface area contributed by atoms with Crippen LogP contribution in [0.5, 0.6) is 0 Å². The first-order chi connectivity index (χ1) is 8.13. The summed E-state index contributed by atoms with van der Waals surface area (Å²) in [5.74, 6) is -1.86. The Balaban J connectivity index is 2.75. The highest BCUT2D eigenvalue weighted by atomic mass is 16.5. The van der Waals surface area contributed by atoms with Crippen LogP contribution < -0.4 is 0 Å². The Labute approximate surface area is 96.7 Å². The molecule has 86 valence electrons. The van der Waals surface area contributed by atoms with Crippen molar-refractivity contribution >= 4 is 22.8 Å². The van der Waals surface area contributed by atoms with Crippen LogP contribution in [-0.4, -0.2) is 29.1 Å². The van der Waals surface area contributed by atoms with Gasteiger partial charge in [-0.2, -0.15) is 0 Å². The number of esters is 1. The molecule has 0 aliphatic carbocycles. The van der Waals surface area contributed by atoms with Gasteiger partial charge in [0, 0.05) is 11.6 Å². The maximum Gasteiger partial charge on any atom is 0.338 e. The molecule has 1 heterocycles. The number of benzene rings is 1. The largest absolute Gasteiger partial charge is 0.478 e. The average molecular weight is 231 g/mol. The number of aromatic carboxylic acids is 1. The van der Waals surface area contributed by atoms with Crippen molar-refractivity contribution in [1.29, 1.82) is 0 Å². The van der Waals surface area contributed by atoms with E-state index in [1.165, 1.54) is 19.2 Å². The van der Waals surface area contributed by atoms with E-state index in [1.807, 2.05) is 0 Å². The lowest BCUT2D eigenvalue weighted by Gasteiger charge is -2.05. The molecule has 0 atom stereocenters. The second kappa shape index (κ2) is 4.21. The van der Waals surface area contributed by atoms with Crippen molar-refractivity contribution in [2.24, 2.45) is 0 Å². The SMILES string of the molecule is COC(=O)c1cc2cccnc2cc1C(=O)O. The van der Waals surface area contributed by atoms with Crippen molar-refractivity contribution in [3.05, 3.63) is 41.6 Å². The lowest BCUT2D eigenvalue weighted by Crippen LogP contribution is -2.10. The summed E-state index contributed by atoms with van der Waals surface area (Å²) < 4.78 is 4.55. The Hall–Kier alpha value is -2.43. The number of carboxylic acid groups (broad SMARTS) is 1. The summed E-state index contributed by atoms with van der Waals surface area (Å²) in [7, 11) is 1.21. The molecular weight excluding hydrogens is 222 g/mol. The van der Waals surface area contributed by atoms with Gasteiger partial charge in [-0.15, -0.1) is 0 Å². The van der Waals surface area contributed by atoms with Gasteiger partial charge in [-0.3, -0.25) is 4.98 Å². The third kappa shape index (κ3) is 1.94. The van der Waals surface area contributed by atoms with Gasteiger partial charge in [0.1, 0.15) is 0 Å². The van der Waals surface area contributed by atoms with Gasteiger partial charge in [0.05, 0.1) is 23.8 Å². The quantitative estimate of drug-likeness (QED) is 0.796. The van der Waals surface area contributed by atoms with Crippen LogP contribution in [0.3, 0.4) is 0 Å². The van der Waals surface area contributed by atoms with E-state index in [2.05, 4.69) is 9.72 Å². The number of nitrogens with zero attached hydrogens (tertiary/aromatic N) is 1. The fraction of sp³-hybridized carbons (Fsp3) is 0.0833. The summed E-state index contributed by atoms with van der Waals surface area (Å²) in [6.07, 6.45) is 1.56. The lowest BCUT2D eigenvalue weighted by molar-refractivity contribution is 0.0583.